The highest BCUT2D eigenvalue weighted by molar-refractivity contribution is 5.82. The number of hydrogen-bond acceptors (Lipinski definition) is 2. The van der Waals surface area contributed by atoms with E-state index < -0.39 is 11.9 Å². The first-order chi connectivity index (χ1) is 14.5. The second-order valence-electron chi connectivity index (χ2n) is 7.17. The van der Waals surface area contributed by atoms with Crippen LogP contribution >= 0.6 is 0 Å². The molecule has 0 radical (unpaired) electrons. The summed E-state index contributed by atoms with van der Waals surface area (Å²) in [6.45, 7) is 9.62. The molecule has 0 aliphatic carbocycles. The number of halogens is 1. The molecule has 0 amide bonds. The average molecular weight is 404 g/mol. The van der Waals surface area contributed by atoms with Crippen LogP contribution in [-0.4, -0.2) is 20.9 Å². The third kappa shape index (κ3) is 4.25. The van der Waals surface area contributed by atoms with Gasteiger partial charge in [-0.25, -0.2) is 9.07 Å². The number of fused-ring (bicyclic) bond motifs is 1. The average Bonchev–Trinajstić information content (AvgIpc) is 3.16. The van der Waals surface area contributed by atoms with Crippen LogP contribution in [0.3, 0.4) is 0 Å². The maximum Gasteiger partial charge on any atom is 0.307 e. The zero-order chi connectivity index (χ0) is 21.7. The third-order valence-electron chi connectivity index (χ3n) is 5.25. The van der Waals surface area contributed by atoms with Crippen molar-refractivity contribution in [2.24, 2.45) is 5.92 Å². The lowest BCUT2D eigenvalue weighted by molar-refractivity contribution is -0.142. The van der Waals surface area contributed by atoms with E-state index in [9.17, 15) is 14.3 Å². The summed E-state index contributed by atoms with van der Waals surface area (Å²) in [6, 6.07) is 12.0. The summed E-state index contributed by atoms with van der Waals surface area (Å²) in [5.74, 6) is -2.07. The summed E-state index contributed by atoms with van der Waals surface area (Å²) < 4.78 is 15.0. The molecule has 154 valence electrons. The first-order valence-electron chi connectivity index (χ1n) is 9.91. The van der Waals surface area contributed by atoms with Crippen LogP contribution in [0.25, 0.3) is 16.6 Å². The second kappa shape index (κ2) is 9.35. The number of benzene rings is 2. The van der Waals surface area contributed by atoms with E-state index >= 15 is 0 Å². The monoisotopic (exact) mass is 404 g/mol. The van der Waals surface area contributed by atoms with Gasteiger partial charge in [0.05, 0.1) is 23.3 Å². The normalized spacial score (nSPS) is 13.7. The van der Waals surface area contributed by atoms with Crippen LogP contribution in [0.2, 0.25) is 0 Å². The molecule has 30 heavy (non-hydrogen) atoms. The lowest BCUT2D eigenvalue weighted by atomic mass is 9.77. The van der Waals surface area contributed by atoms with E-state index in [1.165, 1.54) is 12.1 Å². The predicted molar refractivity (Wildman–Crippen MR) is 118 cm³/mol. The van der Waals surface area contributed by atoms with Gasteiger partial charge >= 0.3 is 5.97 Å². The van der Waals surface area contributed by atoms with E-state index in [1.54, 1.807) is 35.2 Å². The first kappa shape index (κ1) is 21.2. The number of hydrogen-bond donors (Lipinski definition) is 1. The molecule has 0 fully saturated rings. The van der Waals surface area contributed by atoms with Crippen LogP contribution in [0, 0.1) is 11.7 Å². The van der Waals surface area contributed by atoms with Gasteiger partial charge in [0.1, 0.15) is 5.82 Å². The zero-order valence-electron chi connectivity index (χ0n) is 17.0. The number of carbonyl (C=O) groups is 1. The van der Waals surface area contributed by atoms with Gasteiger partial charge in [0.2, 0.25) is 0 Å². The number of aliphatic carboxylic acids is 1. The maximum atomic E-state index is 13.3. The molecule has 4 nitrogen and oxygen atoms in total. The third-order valence-corrected chi connectivity index (χ3v) is 5.25. The summed E-state index contributed by atoms with van der Waals surface area (Å²) in [5.41, 5.74) is 3.31. The van der Waals surface area contributed by atoms with E-state index in [0.29, 0.717) is 6.42 Å². The molecule has 5 heteroatoms. The molecule has 1 N–H and O–H groups in total. The number of aromatic nitrogens is 2. The van der Waals surface area contributed by atoms with Crippen molar-refractivity contribution in [3.8, 4) is 5.69 Å². The molecule has 0 spiro atoms. The minimum Gasteiger partial charge on any atom is -0.481 e. The van der Waals surface area contributed by atoms with Crippen molar-refractivity contribution in [2.45, 2.75) is 25.7 Å². The summed E-state index contributed by atoms with van der Waals surface area (Å²) in [6.07, 6.45) is 8.21. The zero-order valence-corrected chi connectivity index (χ0v) is 17.0. The SMILES string of the molecule is C=C/C=C(\C=C)C(c1ccc2c(cnn2-c2ccc(F)cc2)c1)C(CCC)C(=O)O. The smallest absolute Gasteiger partial charge is 0.307 e. The summed E-state index contributed by atoms with van der Waals surface area (Å²) in [5, 5.41) is 15.2. The van der Waals surface area contributed by atoms with Gasteiger partial charge in [-0.1, -0.05) is 50.8 Å². The number of rotatable bonds is 9. The Bertz CT molecular complexity index is 1100. The molecule has 1 aromatic heterocycles. The van der Waals surface area contributed by atoms with E-state index in [1.807, 2.05) is 31.2 Å². The first-order valence-corrected chi connectivity index (χ1v) is 9.91. The van der Waals surface area contributed by atoms with Crippen LogP contribution in [-0.2, 0) is 4.79 Å². The van der Waals surface area contributed by atoms with Crippen LogP contribution in [0.1, 0.15) is 31.2 Å². The summed E-state index contributed by atoms with van der Waals surface area (Å²) in [4.78, 5) is 12.1. The van der Waals surface area contributed by atoms with E-state index in [-0.39, 0.29) is 11.7 Å². The van der Waals surface area contributed by atoms with Crippen LogP contribution in [0.4, 0.5) is 4.39 Å². The topological polar surface area (TPSA) is 55.1 Å². The van der Waals surface area contributed by atoms with E-state index in [4.69, 9.17) is 0 Å². The van der Waals surface area contributed by atoms with Gasteiger partial charge in [-0.3, -0.25) is 4.79 Å². The Morgan fingerprint density at radius 3 is 2.57 bits per heavy atom. The Kier molecular flexibility index (Phi) is 6.62. The minimum absolute atomic E-state index is 0.304. The Labute approximate surface area is 175 Å². The molecular weight excluding hydrogens is 379 g/mol. The summed E-state index contributed by atoms with van der Waals surface area (Å²) in [7, 11) is 0. The molecule has 0 bridgehead atoms. The number of carboxylic acid groups (broad SMARTS) is 1. The molecule has 2 atom stereocenters. The maximum absolute atomic E-state index is 13.3. The quantitative estimate of drug-likeness (QED) is 0.442. The van der Waals surface area contributed by atoms with Crippen molar-refractivity contribution >= 4 is 16.9 Å². The van der Waals surface area contributed by atoms with E-state index in [0.717, 1.165) is 34.1 Å². The lowest BCUT2D eigenvalue weighted by Crippen LogP contribution is -2.23. The van der Waals surface area contributed by atoms with E-state index in [2.05, 4.69) is 18.3 Å². The lowest BCUT2D eigenvalue weighted by Gasteiger charge is -2.25. The predicted octanol–water partition coefficient (Wildman–Crippen LogP) is 6.05. The van der Waals surface area contributed by atoms with Crippen molar-refractivity contribution in [2.75, 3.05) is 0 Å². The fourth-order valence-electron chi connectivity index (χ4n) is 3.87. The van der Waals surface area contributed by atoms with Crippen molar-refractivity contribution in [3.63, 3.8) is 0 Å². The largest absolute Gasteiger partial charge is 0.481 e. The molecule has 0 saturated heterocycles. The van der Waals surface area contributed by atoms with Crippen molar-refractivity contribution in [3.05, 3.63) is 97.0 Å². The Hall–Kier alpha value is -3.47. The van der Waals surface area contributed by atoms with Gasteiger partial charge in [0, 0.05) is 11.3 Å². The van der Waals surface area contributed by atoms with Crippen LogP contribution in [0.15, 0.2) is 85.6 Å². The van der Waals surface area contributed by atoms with Gasteiger partial charge in [-0.05, 0) is 54.0 Å². The molecular formula is C25H25FN2O2. The molecule has 3 aromatic rings. The highest BCUT2D eigenvalue weighted by atomic mass is 19.1. The Morgan fingerprint density at radius 2 is 1.97 bits per heavy atom. The van der Waals surface area contributed by atoms with Crippen LogP contribution in [0.5, 0.6) is 0 Å². The number of allylic oxidation sites excluding steroid dienone is 4. The Balaban J connectivity index is 2.12. The van der Waals surface area contributed by atoms with Gasteiger partial charge in [-0.15, -0.1) is 0 Å². The second-order valence-corrected chi connectivity index (χ2v) is 7.17. The molecule has 3 rings (SSSR count). The van der Waals surface area contributed by atoms with Crippen molar-refractivity contribution in [1.82, 2.24) is 9.78 Å². The molecule has 1 heterocycles. The highest BCUT2D eigenvalue weighted by Crippen LogP contribution is 2.37. The standard InChI is InChI=1S/C25H25FN2O2/c1-4-7-17(6-3)24(22(8-5-2)25(29)30)18-9-14-23-19(15-18)16-27-28(23)21-12-10-20(26)11-13-21/h4,6-7,9-16,22,24H,1,3,5,8H2,2H3,(H,29,30)/b17-7+. The van der Waals surface area contributed by atoms with Crippen molar-refractivity contribution < 1.29 is 14.3 Å². The molecule has 0 saturated carbocycles. The molecule has 0 aliphatic rings. The molecule has 2 aromatic carbocycles. The fourth-order valence-corrected chi connectivity index (χ4v) is 3.87. The summed E-state index contributed by atoms with van der Waals surface area (Å²) >= 11 is 0. The van der Waals surface area contributed by atoms with Gasteiger partial charge in [0.25, 0.3) is 0 Å². The van der Waals surface area contributed by atoms with Gasteiger partial charge in [-0.2, -0.15) is 5.10 Å². The highest BCUT2D eigenvalue weighted by Gasteiger charge is 2.30. The Morgan fingerprint density at radius 1 is 1.23 bits per heavy atom. The van der Waals surface area contributed by atoms with Crippen molar-refractivity contribution in [1.29, 1.82) is 0 Å². The van der Waals surface area contributed by atoms with Gasteiger partial charge < -0.3 is 5.11 Å². The fraction of sp³-hybridized carbons (Fsp3) is 0.200. The molecule has 2 unspecified atom stereocenters. The molecule has 0 aliphatic heterocycles. The van der Waals surface area contributed by atoms with Gasteiger partial charge in [0.15, 0.2) is 0 Å². The number of nitrogens with zero attached hydrogens (tertiary/aromatic N) is 2. The van der Waals surface area contributed by atoms with Crippen LogP contribution < -0.4 is 0 Å². The number of carboxylic acids is 1. The minimum atomic E-state index is -0.833.